The van der Waals surface area contributed by atoms with Crippen LogP contribution in [0.3, 0.4) is 0 Å². The van der Waals surface area contributed by atoms with Crippen LogP contribution >= 0.6 is 0 Å². The van der Waals surface area contributed by atoms with Gasteiger partial charge in [0.05, 0.1) is 6.10 Å². The van der Waals surface area contributed by atoms with Crippen LogP contribution in [0.15, 0.2) is 0 Å². The van der Waals surface area contributed by atoms with Crippen molar-refractivity contribution in [1.82, 2.24) is 5.48 Å². The zero-order valence-electron chi connectivity index (χ0n) is 5.47. The topological polar surface area (TPSA) is 41.5 Å². The molecule has 9 heavy (non-hydrogen) atoms. The average molecular weight is 131 g/mol. The number of rotatable bonds is 3. The van der Waals surface area contributed by atoms with Crippen LogP contribution in [0, 0.1) is 0 Å². The molecule has 1 atom stereocenters. The van der Waals surface area contributed by atoms with E-state index in [4.69, 9.17) is 9.94 Å². The zero-order chi connectivity index (χ0) is 6.53. The van der Waals surface area contributed by atoms with Crippen LogP contribution in [-0.4, -0.2) is 24.5 Å². The molecule has 0 aromatic heterocycles. The summed E-state index contributed by atoms with van der Waals surface area (Å²) in [5, 5.41) is 8.22. The molecule has 0 saturated carbocycles. The predicted octanol–water partition coefficient (Wildman–Crippen LogP) is 0.534. The lowest BCUT2D eigenvalue weighted by Gasteiger charge is -2.06. The number of hydrogen-bond donors (Lipinski definition) is 2. The van der Waals surface area contributed by atoms with E-state index in [1.54, 1.807) is 0 Å². The second-order valence-electron chi connectivity index (χ2n) is 2.33. The molecule has 1 aliphatic heterocycles. The van der Waals surface area contributed by atoms with Gasteiger partial charge in [0.15, 0.2) is 0 Å². The third-order valence-electron chi connectivity index (χ3n) is 1.60. The van der Waals surface area contributed by atoms with Gasteiger partial charge in [0.1, 0.15) is 0 Å². The number of ether oxygens (including phenoxy) is 1. The summed E-state index contributed by atoms with van der Waals surface area (Å²) in [6, 6.07) is 0. The van der Waals surface area contributed by atoms with Crippen molar-refractivity contribution in [2.24, 2.45) is 0 Å². The highest BCUT2D eigenvalue weighted by molar-refractivity contribution is 4.64. The second-order valence-corrected chi connectivity index (χ2v) is 2.33. The van der Waals surface area contributed by atoms with E-state index >= 15 is 0 Å². The Morgan fingerprint density at radius 1 is 1.67 bits per heavy atom. The number of nitrogens with one attached hydrogen (secondary N) is 1. The van der Waals surface area contributed by atoms with E-state index in [9.17, 15) is 0 Å². The van der Waals surface area contributed by atoms with Crippen LogP contribution in [0.1, 0.15) is 19.3 Å². The zero-order valence-corrected chi connectivity index (χ0v) is 5.47. The lowest BCUT2D eigenvalue weighted by atomic mass is 10.2. The monoisotopic (exact) mass is 131 g/mol. The lowest BCUT2D eigenvalue weighted by Crippen LogP contribution is -2.16. The third-order valence-corrected chi connectivity index (χ3v) is 1.60. The van der Waals surface area contributed by atoms with Crippen molar-refractivity contribution < 1.29 is 9.94 Å². The quantitative estimate of drug-likeness (QED) is 0.549. The first-order chi connectivity index (χ1) is 4.43. The molecular formula is C6H13NO2. The Morgan fingerprint density at radius 2 is 2.56 bits per heavy atom. The molecule has 0 aliphatic carbocycles. The number of hydrogen-bond acceptors (Lipinski definition) is 3. The van der Waals surface area contributed by atoms with Gasteiger partial charge in [0, 0.05) is 13.2 Å². The molecule has 0 aromatic carbocycles. The predicted molar refractivity (Wildman–Crippen MR) is 33.4 cm³/mol. The van der Waals surface area contributed by atoms with Crippen molar-refractivity contribution in [2.75, 3.05) is 13.2 Å². The van der Waals surface area contributed by atoms with Crippen molar-refractivity contribution in [3.05, 3.63) is 0 Å². The molecular weight excluding hydrogens is 118 g/mol. The summed E-state index contributed by atoms with van der Waals surface area (Å²) >= 11 is 0. The first-order valence-corrected chi connectivity index (χ1v) is 3.42. The molecule has 0 spiro atoms. The van der Waals surface area contributed by atoms with Crippen molar-refractivity contribution >= 4 is 0 Å². The minimum absolute atomic E-state index is 0.393. The van der Waals surface area contributed by atoms with Gasteiger partial charge < -0.3 is 9.94 Å². The molecule has 0 bridgehead atoms. The van der Waals surface area contributed by atoms with Crippen LogP contribution in [0.25, 0.3) is 0 Å². The minimum Gasteiger partial charge on any atom is -0.378 e. The molecule has 2 N–H and O–H groups in total. The van der Waals surface area contributed by atoms with Crippen LogP contribution in [-0.2, 0) is 4.74 Å². The van der Waals surface area contributed by atoms with Crippen molar-refractivity contribution in [3.8, 4) is 0 Å². The maximum atomic E-state index is 8.22. The average Bonchev–Trinajstić information content (AvgIpc) is 2.34. The minimum atomic E-state index is 0.393. The molecule has 3 heteroatoms. The molecule has 1 rings (SSSR count). The lowest BCUT2D eigenvalue weighted by molar-refractivity contribution is 0.0862. The summed E-state index contributed by atoms with van der Waals surface area (Å²) in [5.74, 6) is 0. The SMILES string of the molecule is ONCCC1CCCO1. The maximum absolute atomic E-state index is 8.22. The van der Waals surface area contributed by atoms with E-state index in [-0.39, 0.29) is 0 Å². The molecule has 0 aromatic rings. The molecule has 1 saturated heterocycles. The maximum Gasteiger partial charge on any atom is 0.0589 e. The Bertz CT molecular complexity index is 71.5. The Kier molecular flexibility index (Phi) is 2.97. The smallest absolute Gasteiger partial charge is 0.0589 e. The van der Waals surface area contributed by atoms with Crippen LogP contribution in [0.2, 0.25) is 0 Å². The van der Waals surface area contributed by atoms with E-state index in [0.717, 1.165) is 19.4 Å². The van der Waals surface area contributed by atoms with E-state index in [0.29, 0.717) is 12.6 Å². The summed E-state index contributed by atoms with van der Waals surface area (Å²) in [5.41, 5.74) is 2.11. The van der Waals surface area contributed by atoms with Crippen LogP contribution < -0.4 is 5.48 Å². The van der Waals surface area contributed by atoms with Crippen LogP contribution in [0.4, 0.5) is 0 Å². The fourth-order valence-corrected chi connectivity index (χ4v) is 1.10. The fraction of sp³-hybridized carbons (Fsp3) is 1.00. The summed E-state index contributed by atoms with van der Waals surface area (Å²) in [6.45, 7) is 1.54. The highest BCUT2D eigenvalue weighted by Crippen LogP contribution is 2.13. The van der Waals surface area contributed by atoms with Gasteiger partial charge >= 0.3 is 0 Å². The van der Waals surface area contributed by atoms with Gasteiger partial charge in [-0.15, -0.1) is 0 Å². The van der Waals surface area contributed by atoms with Gasteiger partial charge in [-0.05, 0) is 19.3 Å². The fourth-order valence-electron chi connectivity index (χ4n) is 1.10. The van der Waals surface area contributed by atoms with Crippen molar-refractivity contribution in [3.63, 3.8) is 0 Å². The summed E-state index contributed by atoms with van der Waals surface area (Å²) in [6.07, 6.45) is 3.65. The highest BCUT2D eigenvalue weighted by Gasteiger charge is 2.13. The summed E-state index contributed by atoms with van der Waals surface area (Å²) in [4.78, 5) is 0. The van der Waals surface area contributed by atoms with Crippen molar-refractivity contribution in [2.45, 2.75) is 25.4 Å². The molecule has 1 unspecified atom stereocenters. The van der Waals surface area contributed by atoms with E-state index in [1.165, 1.54) is 6.42 Å². The van der Waals surface area contributed by atoms with Gasteiger partial charge in [0.2, 0.25) is 0 Å². The molecule has 1 heterocycles. The van der Waals surface area contributed by atoms with Gasteiger partial charge in [0.25, 0.3) is 0 Å². The van der Waals surface area contributed by atoms with Gasteiger partial charge in [-0.3, -0.25) is 0 Å². The van der Waals surface area contributed by atoms with Crippen LogP contribution in [0.5, 0.6) is 0 Å². The summed E-state index contributed by atoms with van der Waals surface area (Å²) in [7, 11) is 0. The third kappa shape index (κ3) is 2.30. The Balaban J connectivity index is 1.98. The molecule has 54 valence electrons. The largest absolute Gasteiger partial charge is 0.378 e. The molecule has 0 amide bonds. The Hall–Kier alpha value is -0.120. The highest BCUT2D eigenvalue weighted by atomic mass is 16.5. The van der Waals surface area contributed by atoms with Crippen molar-refractivity contribution in [1.29, 1.82) is 0 Å². The van der Waals surface area contributed by atoms with Gasteiger partial charge in [-0.2, -0.15) is 0 Å². The molecule has 1 aliphatic rings. The molecule has 1 fully saturated rings. The Morgan fingerprint density at radius 3 is 3.11 bits per heavy atom. The van der Waals surface area contributed by atoms with E-state index < -0.39 is 0 Å². The normalized spacial score (nSPS) is 27.0. The first kappa shape index (κ1) is 6.99. The first-order valence-electron chi connectivity index (χ1n) is 3.42. The van der Waals surface area contributed by atoms with E-state index in [2.05, 4.69) is 5.48 Å². The van der Waals surface area contributed by atoms with Gasteiger partial charge in [-0.25, -0.2) is 5.48 Å². The van der Waals surface area contributed by atoms with E-state index in [1.807, 2.05) is 0 Å². The molecule has 3 nitrogen and oxygen atoms in total. The summed E-state index contributed by atoms with van der Waals surface area (Å²) < 4.78 is 5.30. The molecule has 0 radical (unpaired) electrons. The number of hydroxylamine groups is 1. The standard InChI is InChI=1S/C6H13NO2/c8-7-4-3-6-2-1-5-9-6/h6-8H,1-5H2. The second kappa shape index (κ2) is 3.82. The Labute approximate surface area is 55.0 Å². The van der Waals surface area contributed by atoms with Gasteiger partial charge in [-0.1, -0.05) is 0 Å².